The van der Waals surface area contributed by atoms with Crippen LogP contribution < -0.4 is 0 Å². The fourth-order valence-electron chi connectivity index (χ4n) is 0.730. The fourth-order valence-corrected chi connectivity index (χ4v) is 0.730. The van der Waals surface area contributed by atoms with Crippen LogP contribution in [0.4, 0.5) is 54.9 Å². The molecule has 0 spiro atoms. The molecule has 0 amide bonds. The van der Waals surface area contributed by atoms with E-state index in [1.165, 1.54) is 6.42 Å². The van der Waals surface area contributed by atoms with Crippen molar-refractivity contribution in [3.8, 4) is 0 Å². The van der Waals surface area contributed by atoms with E-state index in [1.54, 1.807) is 0 Å². The SMILES string of the molecule is CC1CC1(C)C.FF.FF.FF.FF.FF.FF. The third-order valence-corrected chi connectivity index (χ3v) is 2.01. The molecule has 1 unspecified atom stereocenters. The van der Waals surface area contributed by atoms with Gasteiger partial charge in [-0.15, -0.1) is 0 Å². The molecular weight excluding hydrogens is 300 g/mol. The fraction of sp³-hybridized carbons (Fsp3) is 1.00. The first-order valence-electron chi connectivity index (χ1n) is 3.48. The van der Waals surface area contributed by atoms with Crippen LogP contribution in [0.2, 0.25) is 0 Å². The van der Waals surface area contributed by atoms with E-state index in [0.29, 0.717) is 5.41 Å². The molecule has 0 N–H and O–H groups in total. The lowest BCUT2D eigenvalue weighted by Gasteiger charge is -1.91. The van der Waals surface area contributed by atoms with Crippen molar-refractivity contribution >= 4 is 0 Å². The highest BCUT2D eigenvalue weighted by Gasteiger charge is 2.41. The lowest BCUT2D eigenvalue weighted by molar-refractivity contribution is 0.108. The molecule has 120 valence electrons. The van der Waals surface area contributed by atoms with E-state index >= 15 is 0 Å². The van der Waals surface area contributed by atoms with Crippen LogP contribution in [0.1, 0.15) is 27.2 Å². The topological polar surface area (TPSA) is 0 Å². The van der Waals surface area contributed by atoms with Gasteiger partial charge in [0.25, 0.3) is 0 Å². The summed E-state index contributed by atoms with van der Waals surface area (Å²) in [6.45, 7) is 6.94. The Bertz CT molecular complexity index is 79.0. The number of hydrogen-bond acceptors (Lipinski definition) is 0. The zero-order valence-electron chi connectivity index (χ0n) is 9.32. The number of hydrogen-bond donors (Lipinski definition) is 0. The molecule has 18 heavy (non-hydrogen) atoms. The summed E-state index contributed by atoms with van der Waals surface area (Å²) in [6.07, 6.45) is 1.44. The van der Waals surface area contributed by atoms with Gasteiger partial charge in [-0.2, -0.15) is 0 Å². The molecule has 0 saturated heterocycles. The monoisotopic (exact) mass is 312 g/mol. The largest absolute Gasteiger partial charge is 0.0620 e. The van der Waals surface area contributed by atoms with Gasteiger partial charge in [-0.25, -0.2) is 0 Å². The van der Waals surface area contributed by atoms with Gasteiger partial charge < -0.3 is 0 Å². The molecule has 1 saturated carbocycles. The predicted molar refractivity (Wildman–Crippen MR) is 40.9 cm³/mol. The summed E-state index contributed by atoms with van der Waals surface area (Å²) in [6, 6.07) is 0. The van der Waals surface area contributed by atoms with Crippen molar-refractivity contribution in [1.29, 1.82) is 0 Å². The third kappa shape index (κ3) is 45.7. The summed E-state index contributed by atoms with van der Waals surface area (Å²) in [5, 5.41) is 0. The normalized spacial score (nSPS) is 15.2. The van der Waals surface area contributed by atoms with Crippen LogP contribution >= 0.6 is 0 Å². The maximum absolute atomic E-state index is 8.00. The van der Waals surface area contributed by atoms with Gasteiger partial charge in [0.05, 0.1) is 0 Å². The summed E-state index contributed by atoms with van der Waals surface area (Å²) in [5.41, 5.74) is 0.708. The predicted octanol–water partition coefficient (Wildman–Crippen LogP) is 7.09. The van der Waals surface area contributed by atoms with Gasteiger partial charge in [0, 0.05) is 54.9 Å². The van der Waals surface area contributed by atoms with Gasteiger partial charge >= 0.3 is 0 Å². The van der Waals surface area contributed by atoms with E-state index in [2.05, 4.69) is 20.8 Å². The van der Waals surface area contributed by atoms with E-state index in [4.69, 9.17) is 54.9 Å². The van der Waals surface area contributed by atoms with Crippen LogP contribution in [0.25, 0.3) is 0 Å². The van der Waals surface area contributed by atoms with Crippen molar-refractivity contribution in [2.24, 2.45) is 11.3 Å². The van der Waals surface area contributed by atoms with Gasteiger partial charge in [0.2, 0.25) is 0 Å². The highest BCUT2D eigenvalue weighted by molar-refractivity contribution is 4.91. The maximum atomic E-state index is 8.00. The molecule has 0 heterocycles. The molecule has 12 heteroatoms. The molecule has 1 rings (SSSR count). The average Bonchev–Trinajstić information content (AvgIpc) is 3.07. The second-order valence-corrected chi connectivity index (χ2v) is 3.09. The molecule has 0 aliphatic heterocycles. The summed E-state index contributed by atoms with van der Waals surface area (Å²) in [4.78, 5) is 0. The smallest absolute Gasteiger partial charge is 0 e. The minimum atomic E-state index is 0.708. The van der Waals surface area contributed by atoms with E-state index < -0.39 is 0 Å². The van der Waals surface area contributed by atoms with Gasteiger partial charge in [-0.3, -0.25) is 0 Å². The van der Waals surface area contributed by atoms with Gasteiger partial charge in [-0.05, 0) is 17.8 Å². The minimum absolute atomic E-state index is 0.708. The van der Waals surface area contributed by atoms with Crippen molar-refractivity contribution in [2.75, 3.05) is 0 Å². The minimum Gasteiger partial charge on any atom is -0.0620 e. The highest BCUT2D eigenvalue weighted by Crippen LogP contribution is 2.50. The molecule has 0 radical (unpaired) electrons. The zero-order chi connectivity index (χ0) is 16.8. The van der Waals surface area contributed by atoms with Gasteiger partial charge in [0.15, 0.2) is 0 Å². The second kappa shape index (κ2) is 44.3. The van der Waals surface area contributed by atoms with Crippen molar-refractivity contribution in [3.05, 3.63) is 0 Å². The Morgan fingerprint density at radius 3 is 0.667 bits per heavy atom. The molecule has 0 aromatic heterocycles. The van der Waals surface area contributed by atoms with E-state index in [0.717, 1.165) is 5.92 Å². The van der Waals surface area contributed by atoms with Crippen molar-refractivity contribution in [2.45, 2.75) is 27.2 Å². The summed E-state index contributed by atoms with van der Waals surface area (Å²) in [7, 11) is 0. The molecule has 0 bridgehead atoms. The highest BCUT2D eigenvalue weighted by atomic mass is 20.0. The summed E-state index contributed by atoms with van der Waals surface area (Å²) in [5.74, 6) is 0.998. The maximum Gasteiger partial charge on any atom is 0 e. The first-order valence-corrected chi connectivity index (χ1v) is 3.48. The van der Waals surface area contributed by atoms with Crippen LogP contribution in [0, 0.1) is 11.3 Å². The van der Waals surface area contributed by atoms with Crippen molar-refractivity contribution < 1.29 is 54.9 Å². The van der Waals surface area contributed by atoms with Crippen LogP contribution in [0.5, 0.6) is 0 Å². The standard InChI is InChI=1S/C6H12.6F2/c1-5-4-6(5,2)3;6*1-2/h5H,4H2,1-3H3;;;;;;. The van der Waals surface area contributed by atoms with Crippen LogP contribution in [0.15, 0.2) is 0 Å². The molecule has 1 atom stereocenters. The van der Waals surface area contributed by atoms with Gasteiger partial charge in [-0.1, -0.05) is 20.8 Å². The van der Waals surface area contributed by atoms with Crippen molar-refractivity contribution in [1.82, 2.24) is 0 Å². The Morgan fingerprint density at radius 1 is 0.611 bits per heavy atom. The molecule has 1 aliphatic rings. The Hall–Kier alpha value is -0.840. The third-order valence-electron chi connectivity index (χ3n) is 2.01. The van der Waals surface area contributed by atoms with E-state index in [1.807, 2.05) is 0 Å². The lowest BCUT2D eigenvalue weighted by atomic mass is 10.1. The zero-order valence-corrected chi connectivity index (χ0v) is 9.32. The Kier molecular flexibility index (Phi) is 88.5. The quantitative estimate of drug-likeness (QED) is 0.419. The second-order valence-electron chi connectivity index (χ2n) is 3.09. The van der Waals surface area contributed by atoms with Crippen LogP contribution in [-0.2, 0) is 0 Å². The van der Waals surface area contributed by atoms with E-state index in [9.17, 15) is 0 Å². The Labute approximate surface area is 94.7 Å². The van der Waals surface area contributed by atoms with Gasteiger partial charge in [0.1, 0.15) is 0 Å². The number of rotatable bonds is 0. The summed E-state index contributed by atoms with van der Waals surface area (Å²) < 4.78 is 96.0. The molecule has 0 nitrogen and oxygen atoms in total. The summed E-state index contributed by atoms with van der Waals surface area (Å²) >= 11 is 0. The molecule has 1 fully saturated rings. The first kappa shape index (κ1) is 36.0. The average molecular weight is 312 g/mol. The Balaban J connectivity index is -0.0000000262. The van der Waals surface area contributed by atoms with Crippen LogP contribution in [-0.4, -0.2) is 0 Å². The first-order chi connectivity index (χ1) is 8.63. The van der Waals surface area contributed by atoms with E-state index in [-0.39, 0.29) is 0 Å². The number of halogens is 12. The van der Waals surface area contributed by atoms with Crippen LogP contribution in [0.3, 0.4) is 0 Å². The molecule has 0 aromatic carbocycles. The Morgan fingerprint density at radius 2 is 0.667 bits per heavy atom. The molecule has 1 aliphatic carbocycles. The lowest BCUT2D eigenvalue weighted by Crippen LogP contribution is -1.82. The molecule has 0 aromatic rings. The molecular formula is C6H12F12. The van der Waals surface area contributed by atoms with Crippen molar-refractivity contribution in [3.63, 3.8) is 0 Å².